The Bertz CT molecular complexity index is 181. The molecule has 1 rings (SSSR count). The van der Waals surface area contributed by atoms with Gasteiger partial charge < -0.3 is 15.2 Å². The quantitative estimate of drug-likeness (QED) is 0.669. The number of carboxylic acid groups (broad SMARTS) is 1. The van der Waals surface area contributed by atoms with E-state index in [2.05, 4.69) is 5.32 Å². The van der Waals surface area contributed by atoms with E-state index in [9.17, 15) is 13.6 Å². The van der Waals surface area contributed by atoms with E-state index in [0.29, 0.717) is 0 Å². The van der Waals surface area contributed by atoms with Gasteiger partial charge in [-0.15, -0.1) is 0 Å². The van der Waals surface area contributed by atoms with Crippen LogP contribution in [0.4, 0.5) is 8.78 Å². The van der Waals surface area contributed by atoms with Gasteiger partial charge in [-0.05, 0) is 0 Å². The molecule has 1 aliphatic rings. The lowest BCUT2D eigenvalue weighted by Gasteiger charge is -2.27. The van der Waals surface area contributed by atoms with Crippen molar-refractivity contribution >= 4 is 5.97 Å². The first-order chi connectivity index (χ1) is 6.09. The molecule has 13 heavy (non-hydrogen) atoms. The van der Waals surface area contributed by atoms with Crippen molar-refractivity contribution in [3.8, 4) is 0 Å². The summed E-state index contributed by atoms with van der Waals surface area (Å²) in [5, 5.41) is 11.2. The number of nitrogens with one attached hydrogen (secondary N) is 1. The zero-order valence-electron chi connectivity index (χ0n) is 6.87. The maximum atomic E-state index is 11.9. The number of morpholine rings is 1. The minimum atomic E-state index is -2.39. The molecule has 0 radical (unpaired) electrons. The third-order valence-corrected chi connectivity index (χ3v) is 1.83. The molecule has 0 spiro atoms. The van der Waals surface area contributed by atoms with Crippen LogP contribution in [0.2, 0.25) is 0 Å². The minimum absolute atomic E-state index is 0.0291. The highest BCUT2D eigenvalue weighted by Crippen LogP contribution is 2.09. The highest BCUT2D eigenvalue weighted by atomic mass is 19.3. The average molecular weight is 195 g/mol. The molecule has 0 aromatic carbocycles. The Kier molecular flexibility index (Phi) is 3.56. The van der Waals surface area contributed by atoms with Crippen LogP contribution in [0.5, 0.6) is 0 Å². The van der Waals surface area contributed by atoms with Crippen molar-refractivity contribution in [2.75, 3.05) is 13.2 Å². The van der Waals surface area contributed by atoms with Gasteiger partial charge in [-0.3, -0.25) is 0 Å². The third kappa shape index (κ3) is 3.23. The van der Waals surface area contributed by atoms with Crippen LogP contribution in [0, 0.1) is 0 Å². The number of aliphatic carboxylic acids is 1. The molecule has 1 heterocycles. The number of rotatable bonds is 3. The summed E-state index contributed by atoms with van der Waals surface area (Å²) in [6, 6.07) is -0.435. The summed E-state index contributed by atoms with van der Waals surface area (Å²) >= 11 is 0. The van der Waals surface area contributed by atoms with Gasteiger partial charge in [0.2, 0.25) is 6.43 Å². The molecule has 0 saturated carbocycles. The molecule has 4 nitrogen and oxygen atoms in total. The van der Waals surface area contributed by atoms with E-state index >= 15 is 0 Å². The van der Waals surface area contributed by atoms with Crippen molar-refractivity contribution in [1.29, 1.82) is 0 Å². The molecule has 1 fully saturated rings. The molecule has 76 valence electrons. The summed E-state index contributed by atoms with van der Waals surface area (Å²) in [5.41, 5.74) is 0. The van der Waals surface area contributed by atoms with Crippen molar-refractivity contribution in [2.45, 2.75) is 25.0 Å². The van der Waals surface area contributed by atoms with Crippen LogP contribution in [-0.4, -0.2) is 42.8 Å². The Balaban J connectivity index is 2.26. The SMILES string of the molecule is O=C(O)[C@H]1CN[C@@H](CC(F)F)CO1. The fourth-order valence-corrected chi connectivity index (χ4v) is 1.15. The second-order valence-corrected chi connectivity index (χ2v) is 2.89. The molecule has 6 heteroatoms. The summed E-state index contributed by atoms with van der Waals surface area (Å²) < 4.78 is 28.6. The maximum absolute atomic E-state index is 11.9. The lowest BCUT2D eigenvalue weighted by atomic mass is 10.2. The maximum Gasteiger partial charge on any atom is 0.334 e. The highest BCUT2D eigenvalue weighted by Gasteiger charge is 2.27. The van der Waals surface area contributed by atoms with Gasteiger partial charge in [0.1, 0.15) is 0 Å². The van der Waals surface area contributed by atoms with Gasteiger partial charge in [0, 0.05) is 19.0 Å². The summed E-state index contributed by atoms with van der Waals surface area (Å²) in [5.74, 6) is -1.07. The van der Waals surface area contributed by atoms with E-state index in [1.54, 1.807) is 0 Å². The number of halogens is 2. The second-order valence-electron chi connectivity index (χ2n) is 2.89. The first-order valence-electron chi connectivity index (χ1n) is 3.95. The van der Waals surface area contributed by atoms with Gasteiger partial charge in [0.25, 0.3) is 0 Å². The van der Waals surface area contributed by atoms with Crippen LogP contribution in [0.1, 0.15) is 6.42 Å². The molecular formula is C7H11F2NO3. The first-order valence-corrected chi connectivity index (χ1v) is 3.95. The molecular weight excluding hydrogens is 184 g/mol. The molecule has 0 amide bonds. The molecule has 2 N–H and O–H groups in total. The average Bonchev–Trinajstić information content (AvgIpc) is 2.04. The van der Waals surface area contributed by atoms with Gasteiger partial charge in [-0.25, -0.2) is 13.6 Å². The Labute approximate surface area is 73.9 Å². The fourth-order valence-electron chi connectivity index (χ4n) is 1.15. The van der Waals surface area contributed by atoms with E-state index in [0.717, 1.165) is 0 Å². The van der Waals surface area contributed by atoms with Gasteiger partial charge >= 0.3 is 5.97 Å². The van der Waals surface area contributed by atoms with Crippen LogP contribution < -0.4 is 5.32 Å². The minimum Gasteiger partial charge on any atom is -0.479 e. The standard InChI is InChI=1S/C7H11F2NO3/c8-6(9)1-4-3-13-5(2-10-4)7(11)12/h4-6,10H,1-3H2,(H,11,12)/t4-,5+/m0/s1. The molecule has 0 bridgehead atoms. The molecule has 1 saturated heterocycles. The zero-order chi connectivity index (χ0) is 9.84. The first kappa shape index (κ1) is 10.3. The molecule has 0 unspecified atom stereocenters. The lowest BCUT2D eigenvalue weighted by molar-refractivity contribution is -0.153. The van der Waals surface area contributed by atoms with E-state index < -0.39 is 24.5 Å². The van der Waals surface area contributed by atoms with E-state index in [1.807, 2.05) is 0 Å². The normalized spacial score (nSPS) is 29.2. The van der Waals surface area contributed by atoms with Crippen molar-refractivity contribution in [2.24, 2.45) is 0 Å². The van der Waals surface area contributed by atoms with E-state index in [-0.39, 0.29) is 19.6 Å². The Morgan fingerprint density at radius 3 is 2.77 bits per heavy atom. The molecule has 0 aromatic heterocycles. The molecule has 0 aliphatic carbocycles. The van der Waals surface area contributed by atoms with Gasteiger partial charge in [0.15, 0.2) is 6.10 Å². The monoisotopic (exact) mass is 195 g/mol. The molecule has 0 aromatic rings. The number of ether oxygens (including phenoxy) is 1. The third-order valence-electron chi connectivity index (χ3n) is 1.83. The predicted molar refractivity (Wildman–Crippen MR) is 39.8 cm³/mol. The van der Waals surface area contributed by atoms with Crippen LogP contribution in [0.25, 0.3) is 0 Å². The molecule has 1 aliphatic heterocycles. The van der Waals surface area contributed by atoms with Crippen LogP contribution in [-0.2, 0) is 9.53 Å². The van der Waals surface area contributed by atoms with Gasteiger partial charge in [-0.2, -0.15) is 0 Å². The van der Waals surface area contributed by atoms with Crippen molar-refractivity contribution in [3.05, 3.63) is 0 Å². The smallest absolute Gasteiger partial charge is 0.334 e. The van der Waals surface area contributed by atoms with Crippen molar-refractivity contribution in [3.63, 3.8) is 0 Å². The largest absolute Gasteiger partial charge is 0.479 e. The summed E-state index contributed by atoms with van der Waals surface area (Å²) in [6.45, 7) is 0.119. The zero-order valence-corrected chi connectivity index (χ0v) is 6.87. The van der Waals surface area contributed by atoms with E-state index in [4.69, 9.17) is 9.84 Å². The number of carboxylic acids is 1. The van der Waals surface area contributed by atoms with Crippen molar-refractivity contribution < 1.29 is 23.4 Å². The summed E-state index contributed by atoms with van der Waals surface area (Å²) in [6.07, 6.45) is -3.59. The van der Waals surface area contributed by atoms with Gasteiger partial charge in [-0.1, -0.05) is 0 Å². The topological polar surface area (TPSA) is 58.6 Å². The molecule has 2 atom stereocenters. The number of carbonyl (C=O) groups is 1. The Morgan fingerprint density at radius 2 is 2.38 bits per heavy atom. The number of hydrogen-bond donors (Lipinski definition) is 2. The summed E-state index contributed by atoms with van der Waals surface area (Å²) in [7, 11) is 0. The Hall–Kier alpha value is -0.750. The van der Waals surface area contributed by atoms with Gasteiger partial charge in [0.05, 0.1) is 6.61 Å². The van der Waals surface area contributed by atoms with Crippen LogP contribution in [0.15, 0.2) is 0 Å². The number of hydrogen-bond acceptors (Lipinski definition) is 3. The van der Waals surface area contributed by atoms with E-state index in [1.165, 1.54) is 0 Å². The highest BCUT2D eigenvalue weighted by molar-refractivity contribution is 5.72. The van der Waals surface area contributed by atoms with Crippen LogP contribution >= 0.6 is 0 Å². The van der Waals surface area contributed by atoms with Crippen molar-refractivity contribution in [1.82, 2.24) is 5.32 Å². The Morgan fingerprint density at radius 1 is 1.69 bits per heavy atom. The number of alkyl halides is 2. The lowest BCUT2D eigenvalue weighted by Crippen LogP contribution is -2.49. The fraction of sp³-hybridized carbons (Fsp3) is 0.857. The second kappa shape index (κ2) is 4.48. The van der Waals surface area contributed by atoms with Crippen LogP contribution in [0.3, 0.4) is 0 Å². The predicted octanol–water partition coefficient (Wildman–Crippen LogP) is 0.0832. The summed E-state index contributed by atoms with van der Waals surface area (Å²) in [4.78, 5) is 10.4.